The van der Waals surface area contributed by atoms with Crippen LogP contribution in [-0.2, 0) is 25.7 Å². The zero-order chi connectivity index (χ0) is 6.24. The van der Waals surface area contributed by atoms with Gasteiger partial charge in [0.15, 0.2) is 0 Å². The summed E-state index contributed by atoms with van der Waals surface area (Å²) >= 11 is -2.00. The van der Waals surface area contributed by atoms with Crippen LogP contribution >= 0.6 is 0 Å². The predicted octanol–water partition coefficient (Wildman–Crippen LogP) is 1.52. The molecule has 2 nitrogen and oxygen atoms in total. The minimum atomic E-state index is -2.00. The number of hydrogen-bond acceptors (Lipinski definition) is 2. The number of rotatable bonds is 0. The van der Waals surface area contributed by atoms with Gasteiger partial charge in [0.1, 0.15) is 0 Å². The molecule has 1 rings (SSSR count). The molecule has 0 bridgehead atoms. The molecule has 1 aliphatic carbocycles. The molecule has 0 aromatic heterocycles. The Labute approximate surface area is 58.2 Å². The topological polar surface area (TPSA) is 34.1 Å². The Balaban J connectivity index is 0.000000145. The van der Waals surface area contributed by atoms with Crippen LogP contribution in [0, 0.1) is 6.42 Å². The van der Waals surface area contributed by atoms with Gasteiger partial charge in [-0.3, -0.25) is 0 Å². The van der Waals surface area contributed by atoms with E-state index in [0.29, 0.717) is 0 Å². The summed E-state index contributed by atoms with van der Waals surface area (Å²) in [6.07, 6.45) is 8.00. The summed E-state index contributed by atoms with van der Waals surface area (Å²) in [6, 6.07) is 0. The quantitative estimate of drug-likeness (QED) is 0.489. The van der Waals surface area contributed by atoms with Crippen molar-refractivity contribution in [2.24, 2.45) is 0 Å². The molecule has 1 aliphatic rings. The third kappa shape index (κ3) is 6.31. The molecule has 0 spiro atoms. The van der Waals surface area contributed by atoms with Gasteiger partial charge in [-0.25, -0.2) is 0 Å². The Kier molecular flexibility index (Phi) is 7.60. The van der Waals surface area contributed by atoms with E-state index in [4.69, 9.17) is 6.65 Å². The molecular formula is C5H9O2Ti. The van der Waals surface area contributed by atoms with Gasteiger partial charge in [0.2, 0.25) is 0 Å². The summed E-state index contributed by atoms with van der Waals surface area (Å²) in [6.45, 7) is 0. The SMILES string of the molecule is [CH]1CCCC1.[O]=[Ti]=[O]. The molecule has 0 amide bonds. The first-order valence-corrected chi connectivity index (χ1v) is 4.00. The van der Waals surface area contributed by atoms with Crippen LogP contribution in [0.1, 0.15) is 25.7 Å². The summed E-state index contributed by atoms with van der Waals surface area (Å²) in [5.41, 5.74) is 0. The second-order valence-corrected chi connectivity index (χ2v) is 1.92. The molecule has 1 saturated carbocycles. The van der Waals surface area contributed by atoms with Crippen LogP contribution in [0.2, 0.25) is 0 Å². The first-order chi connectivity index (χ1) is 3.91. The van der Waals surface area contributed by atoms with Crippen molar-refractivity contribution in [3.8, 4) is 0 Å². The summed E-state index contributed by atoms with van der Waals surface area (Å²) in [5, 5.41) is 0. The van der Waals surface area contributed by atoms with E-state index in [0.717, 1.165) is 0 Å². The predicted molar refractivity (Wildman–Crippen MR) is 24.1 cm³/mol. The van der Waals surface area contributed by atoms with E-state index in [9.17, 15) is 0 Å². The van der Waals surface area contributed by atoms with E-state index in [2.05, 4.69) is 6.42 Å². The van der Waals surface area contributed by atoms with Crippen LogP contribution in [0.15, 0.2) is 0 Å². The maximum absolute atomic E-state index is 8.50. The molecule has 0 atom stereocenters. The van der Waals surface area contributed by atoms with Gasteiger partial charge >= 0.3 is 25.7 Å². The Hall–Kier alpha value is 0.314. The fourth-order valence-electron chi connectivity index (χ4n) is 0.722. The molecule has 1 radical (unpaired) electrons. The zero-order valence-corrected chi connectivity index (χ0v) is 6.28. The van der Waals surface area contributed by atoms with Crippen molar-refractivity contribution in [1.29, 1.82) is 0 Å². The van der Waals surface area contributed by atoms with Gasteiger partial charge in [-0.15, -0.1) is 0 Å². The summed E-state index contributed by atoms with van der Waals surface area (Å²) in [7, 11) is 0. The molecule has 3 heteroatoms. The summed E-state index contributed by atoms with van der Waals surface area (Å²) in [5.74, 6) is 0. The average molecular weight is 149 g/mol. The van der Waals surface area contributed by atoms with Crippen LogP contribution < -0.4 is 0 Å². The second-order valence-electron chi connectivity index (χ2n) is 1.66. The Morgan fingerprint density at radius 1 is 1.12 bits per heavy atom. The van der Waals surface area contributed by atoms with Gasteiger partial charge in [0, 0.05) is 0 Å². The van der Waals surface area contributed by atoms with Crippen molar-refractivity contribution < 1.29 is 25.7 Å². The van der Waals surface area contributed by atoms with E-state index in [-0.39, 0.29) is 0 Å². The van der Waals surface area contributed by atoms with E-state index in [1.807, 2.05) is 0 Å². The van der Waals surface area contributed by atoms with Crippen LogP contribution in [0.25, 0.3) is 0 Å². The monoisotopic (exact) mass is 149 g/mol. The van der Waals surface area contributed by atoms with Crippen molar-refractivity contribution in [2.75, 3.05) is 0 Å². The maximum atomic E-state index is 8.50. The van der Waals surface area contributed by atoms with Crippen molar-refractivity contribution in [3.05, 3.63) is 6.42 Å². The Morgan fingerprint density at radius 2 is 1.50 bits per heavy atom. The van der Waals surface area contributed by atoms with Crippen molar-refractivity contribution in [1.82, 2.24) is 0 Å². The summed E-state index contributed by atoms with van der Waals surface area (Å²) < 4.78 is 17.0. The second kappa shape index (κ2) is 7.31. The normalized spacial score (nSPS) is 16.0. The van der Waals surface area contributed by atoms with Gasteiger partial charge in [0.25, 0.3) is 0 Å². The Bertz CT molecular complexity index is 64.9. The van der Waals surface area contributed by atoms with Gasteiger partial charge < -0.3 is 0 Å². The third-order valence-electron chi connectivity index (χ3n) is 1.07. The van der Waals surface area contributed by atoms with E-state index in [1.54, 1.807) is 0 Å². The van der Waals surface area contributed by atoms with E-state index in [1.165, 1.54) is 25.7 Å². The van der Waals surface area contributed by atoms with Crippen LogP contribution in [0.5, 0.6) is 0 Å². The van der Waals surface area contributed by atoms with Crippen LogP contribution in [0.4, 0.5) is 0 Å². The molecular weight excluding hydrogens is 140 g/mol. The molecule has 0 unspecified atom stereocenters. The van der Waals surface area contributed by atoms with Crippen LogP contribution in [0.3, 0.4) is 0 Å². The molecule has 0 aromatic carbocycles. The van der Waals surface area contributed by atoms with Gasteiger partial charge in [0.05, 0.1) is 0 Å². The molecule has 8 heavy (non-hydrogen) atoms. The van der Waals surface area contributed by atoms with Gasteiger partial charge in [-0.1, -0.05) is 25.7 Å². The fraction of sp³-hybridized carbons (Fsp3) is 0.800. The fourth-order valence-corrected chi connectivity index (χ4v) is 0.722. The molecule has 0 aromatic rings. The Morgan fingerprint density at radius 3 is 1.62 bits per heavy atom. The molecule has 0 saturated heterocycles. The number of hydrogen-bond donors (Lipinski definition) is 0. The minimum absolute atomic E-state index is 1.38. The first kappa shape index (κ1) is 8.31. The van der Waals surface area contributed by atoms with Gasteiger partial charge in [-0.2, -0.15) is 0 Å². The molecule has 0 heterocycles. The van der Waals surface area contributed by atoms with Crippen LogP contribution in [-0.4, -0.2) is 0 Å². The van der Waals surface area contributed by atoms with Crippen molar-refractivity contribution in [2.45, 2.75) is 25.7 Å². The van der Waals surface area contributed by atoms with Gasteiger partial charge in [-0.05, 0) is 6.42 Å². The molecule has 0 N–H and O–H groups in total. The average Bonchev–Trinajstić information content (AvgIpc) is 2.17. The molecule has 45 valence electrons. The zero-order valence-electron chi connectivity index (χ0n) is 4.72. The summed E-state index contributed by atoms with van der Waals surface area (Å²) in [4.78, 5) is 0. The first-order valence-electron chi connectivity index (χ1n) is 2.72. The molecule has 1 fully saturated rings. The standard InChI is InChI=1S/C5H9.2O.Ti/c1-2-4-5-3-1;;;/h1H,2-5H2;;;. The van der Waals surface area contributed by atoms with Crippen molar-refractivity contribution >= 4 is 0 Å². The molecule has 0 aliphatic heterocycles. The van der Waals surface area contributed by atoms with E-state index < -0.39 is 19.1 Å². The van der Waals surface area contributed by atoms with E-state index >= 15 is 0 Å². The van der Waals surface area contributed by atoms with Crippen molar-refractivity contribution in [3.63, 3.8) is 0 Å². The third-order valence-corrected chi connectivity index (χ3v) is 1.07.